The van der Waals surface area contributed by atoms with E-state index in [1.54, 1.807) is 0 Å². The monoisotopic (exact) mass is 237 g/mol. The van der Waals surface area contributed by atoms with Crippen molar-refractivity contribution in [1.29, 1.82) is 0 Å². The minimum atomic E-state index is -0.128. The number of amides is 1. The van der Waals surface area contributed by atoms with Crippen LogP contribution in [0.5, 0.6) is 0 Å². The first-order valence-electron chi connectivity index (χ1n) is 5.75. The third-order valence-electron chi connectivity index (χ3n) is 2.24. The Bertz CT molecular complexity index is 357. The Morgan fingerprint density at radius 2 is 2.35 bits per heavy atom. The normalized spacial score (nSPS) is 10.2. The maximum Gasteiger partial charge on any atom is 0.243 e. The SMILES string of the molecule is C=CC(=O)NCCCCOCc1ccc(C)o1. The molecule has 0 bridgehead atoms. The van der Waals surface area contributed by atoms with E-state index in [-0.39, 0.29) is 5.91 Å². The van der Waals surface area contributed by atoms with Crippen molar-refractivity contribution in [3.05, 3.63) is 36.3 Å². The highest BCUT2D eigenvalue weighted by Gasteiger charge is 1.98. The lowest BCUT2D eigenvalue weighted by atomic mass is 10.3. The number of carbonyl (C=O) groups excluding carboxylic acids is 1. The van der Waals surface area contributed by atoms with Crippen molar-refractivity contribution in [2.75, 3.05) is 13.2 Å². The fourth-order valence-electron chi connectivity index (χ4n) is 1.35. The molecule has 1 heterocycles. The quantitative estimate of drug-likeness (QED) is 0.557. The molecule has 0 aliphatic rings. The highest BCUT2D eigenvalue weighted by molar-refractivity contribution is 5.86. The summed E-state index contributed by atoms with van der Waals surface area (Å²) < 4.78 is 10.8. The van der Waals surface area contributed by atoms with Gasteiger partial charge in [0.15, 0.2) is 0 Å². The molecule has 0 aliphatic carbocycles. The largest absolute Gasteiger partial charge is 0.464 e. The summed E-state index contributed by atoms with van der Waals surface area (Å²) in [6.45, 7) is 7.12. The standard InChI is InChI=1S/C13H19NO3/c1-3-13(15)14-8-4-5-9-16-10-12-7-6-11(2)17-12/h3,6-7H,1,4-5,8-10H2,2H3,(H,14,15). The molecule has 0 saturated heterocycles. The first-order valence-corrected chi connectivity index (χ1v) is 5.75. The van der Waals surface area contributed by atoms with Gasteiger partial charge in [-0.25, -0.2) is 0 Å². The zero-order valence-corrected chi connectivity index (χ0v) is 10.2. The molecule has 0 atom stereocenters. The molecule has 0 fully saturated rings. The molecule has 0 spiro atoms. The Kier molecular flexibility index (Phi) is 6.10. The van der Waals surface area contributed by atoms with Gasteiger partial charge in [-0.2, -0.15) is 0 Å². The van der Waals surface area contributed by atoms with Gasteiger partial charge in [-0.3, -0.25) is 4.79 Å². The van der Waals surface area contributed by atoms with Crippen LogP contribution in [0.3, 0.4) is 0 Å². The molecule has 17 heavy (non-hydrogen) atoms. The maximum atomic E-state index is 10.8. The summed E-state index contributed by atoms with van der Waals surface area (Å²) in [7, 11) is 0. The number of furan rings is 1. The average molecular weight is 237 g/mol. The summed E-state index contributed by atoms with van der Waals surface area (Å²) >= 11 is 0. The lowest BCUT2D eigenvalue weighted by Crippen LogP contribution is -2.22. The summed E-state index contributed by atoms with van der Waals surface area (Å²) in [6, 6.07) is 3.84. The molecule has 0 saturated carbocycles. The number of hydrogen-bond acceptors (Lipinski definition) is 3. The van der Waals surface area contributed by atoms with Crippen LogP contribution in [0, 0.1) is 6.92 Å². The van der Waals surface area contributed by atoms with E-state index in [9.17, 15) is 4.79 Å². The van der Waals surface area contributed by atoms with Crippen LogP contribution in [0.4, 0.5) is 0 Å². The van der Waals surface area contributed by atoms with Gasteiger partial charge in [0.05, 0.1) is 0 Å². The minimum absolute atomic E-state index is 0.128. The van der Waals surface area contributed by atoms with E-state index in [0.717, 1.165) is 24.4 Å². The van der Waals surface area contributed by atoms with Crippen molar-refractivity contribution < 1.29 is 13.9 Å². The van der Waals surface area contributed by atoms with Gasteiger partial charge in [0.25, 0.3) is 0 Å². The Morgan fingerprint density at radius 3 is 3.00 bits per heavy atom. The van der Waals surface area contributed by atoms with Crippen molar-refractivity contribution in [1.82, 2.24) is 5.32 Å². The van der Waals surface area contributed by atoms with Gasteiger partial charge < -0.3 is 14.5 Å². The van der Waals surface area contributed by atoms with Crippen LogP contribution < -0.4 is 5.32 Å². The summed E-state index contributed by atoms with van der Waals surface area (Å²) in [5.41, 5.74) is 0. The molecule has 1 aromatic heterocycles. The van der Waals surface area contributed by atoms with E-state index in [1.165, 1.54) is 6.08 Å². The molecule has 4 nitrogen and oxygen atoms in total. The van der Waals surface area contributed by atoms with Crippen LogP contribution in [0.25, 0.3) is 0 Å². The van der Waals surface area contributed by atoms with Gasteiger partial charge in [-0.15, -0.1) is 0 Å². The van der Waals surface area contributed by atoms with Gasteiger partial charge >= 0.3 is 0 Å². The van der Waals surface area contributed by atoms with Crippen molar-refractivity contribution in [2.24, 2.45) is 0 Å². The summed E-state index contributed by atoms with van der Waals surface area (Å²) in [6.07, 6.45) is 3.09. The third kappa shape index (κ3) is 5.92. The Hall–Kier alpha value is -1.55. The summed E-state index contributed by atoms with van der Waals surface area (Å²) in [5, 5.41) is 2.71. The van der Waals surface area contributed by atoms with Crippen LogP contribution in [0.1, 0.15) is 24.4 Å². The predicted octanol–water partition coefficient (Wildman–Crippen LogP) is 2.19. The van der Waals surface area contributed by atoms with Gasteiger partial charge in [0.2, 0.25) is 5.91 Å². The predicted molar refractivity (Wildman–Crippen MR) is 65.5 cm³/mol. The second kappa shape index (κ2) is 7.68. The second-order valence-electron chi connectivity index (χ2n) is 3.77. The smallest absolute Gasteiger partial charge is 0.243 e. The maximum absolute atomic E-state index is 10.8. The van der Waals surface area contributed by atoms with E-state index in [2.05, 4.69) is 11.9 Å². The fourth-order valence-corrected chi connectivity index (χ4v) is 1.35. The molecule has 0 aromatic carbocycles. The van der Waals surface area contributed by atoms with Gasteiger partial charge in [-0.1, -0.05) is 6.58 Å². The second-order valence-corrected chi connectivity index (χ2v) is 3.77. The molecule has 4 heteroatoms. The van der Waals surface area contributed by atoms with Crippen molar-refractivity contribution in [3.63, 3.8) is 0 Å². The molecule has 1 aromatic rings. The van der Waals surface area contributed by atoms with Crippen molar-refractivity contribution in [2.45, 2.75) is 26.4 Å². The number of hydrogen-bond donors (Lipinski definition) is 1. The van der Waals surface area contributed by atoms with Crippen LogP contribution in [0.2, 0.25) is 0 Å². The van der Waals surface area contributed by atoms with E-state index in [4.69, 9.17) is 9.15 Å². The third-order valence-corrected chi connectivity index (χ3v) is 2.24. The minimum Gasteiger partial charge on any atom is -0.464 e. The zero-order chi connectivity index (χ0) is 12.5. The van der Waals surface area contributed by atoms with Gasteiger partial charge in [0, 0.05) is 13.2 Å². The lowest BCUT2D eigenvalue weighted by Gasteiger charge is -2.03. The van der Waals surface area contributed by atoms with Gasteiger partial charge in [-0.05, 0) is 38.0 Å². The molecule has 1 rings (SSSR count). The number of aryl methyl sites for hydroxylation is 1. The molecule has 1 N–H and O–H groups in total. The van der Waals surface area contributed by atoms with E-state index in [0.29, 0.717) is 19.8 Å². The van der Waals surface area contributed by atoms with Gasteiger partial charge in [0.1, 0.15) is 18.1 Å². The van der Waals surface area contributed by atoms with Crippen LogP contribution >= 0.6 is 0 Å². The number of rotatable bonds is 8. The fraction of sp³-hybridized carbons (Fsp3) is 0.462. The van der Waals surface area contributed by atoms with Crippen LogP contribution in [-0.4, -0.2) is 19.1 Å². The van der Waals surface area contributed by atoms with Crippen LogP contribution in [-0.2, 0) is 16.1 Å². The number of ether oxygens (including phenoxy) is 1. The van der Waals surface area contributed by atoms with Crippen molar-refractivity contribution in [3.8, 4) is 0 Å². The number of unbranched alkanes of at least 4 members (excludes halogenated alkanes) is 1. The zero-order valence-electron chi connectivity index (χ0n) is 10.2. The highest BCUT2D eigenvalue weighted by atomic mass is 16.5. The average Bonchev–Trinajstić information content (AvgIpc) is 2.73. The topological polar surface area (TPSA) is 51.5 Å². The summed E-state index contributed by atoms with van der Waals surface area (Å²) in [4.78, 5) is 10.8. The molecular weight excluding hydrogens is 218 g/mol. The highest BCUT2D eigenvalue weighted by Crippen LogP contribution is 2.07. The Balaban J connectivity index is 1.94. The molecular formula is C13H19NO3. The first kappa shape index (κ1) is 13.5. The van der Waals surface area contributed by atoms with Crippen LogP contribution in [0.15, 0.2) is 29.2 Å². The molecule has 1 amide bonds. The lowest BCUT2D eigenvalue weighted by molar-refractivity contribution is -0.116. The van der Waals surface area contributed by atoms with E-state index in [1.807, 2.05) is 19.1 Å². The number of nitrogens with one attached hydrogen (secondary N) is 1. The molecule has 0 radical (unpaired) electrons. The van der Waals surface area contributed by atoms with Crippen molar-refractivity contribution >= 4 is 5.91 Å². The molecule has 0 unspecified atom stereocenters. The Labute approximate surface area is 102 Å². The first-order chi connectivity index (χ1) is 8.22. The van der Waals surface area contributed by atoms with E-state index < -0.39 is 0 Å². The van der Waals surface area contributed by atoms with E-state index >= 15 is 0 Å². The molecule has 94 valence electrons. The molecule has 0 aliphatic heterocycles. The number of carbonyl (C=O) groups is 1. The Morgan fingerprint density at radius 1 is 1.53 bits per heavy atom. The summed E-state index contributed by atoms with van der Waals surface area (Å²) in [5.74, 6) is 1.62.